The first-order valence-corrected chi connectivity index (χ1v) is 11.8. The molecule has 0 bridgehead atoms. The number of morpholine rings is 1. The van der Waals surface area contributed by atoms with Crippen molar-refractivity contribution < 1.29 is 4.74 Å². The molecule has 5 heteroatoms. The number of rotatable bonds is 5. The lowest BCUT2D eigenvalue weighted by Crippen LogP contribution is -2.46. The van der Waals surface area contributed by atoms with E-state index in [0.717, 1.165) is 70.5 Å². The van der Waals surface area contributed by atoms with Crippen LogP contribution in [0.1, 0.15) is 18.2 Å². The monoisotopic (exact) mass is 428 g/mol. The van der Waals surface area contributed by atoms with Gasteiger partial charge in [-0.1, -0.05) is 49.4 Å². The molecule has 0 aliphatic carbocycles. The van der Waals surface area contributed by atoms with Crippen molar-refractivity contribution in [1.29, 1.82) is 0 Å². The van der Waals surface area contributed by atoms with Crippen molar-refractivity contribution in [2.45, 2.75) is 6.92 Å². The van der Waals surface area contributed by atoms with Gasteiger partial charge in [0.25, 0.3) is 0 Å². The van der Waals surface area contributed by atoms with E-state index in [9.17, 15) is 0 Å². The highest BCUT2D eigenvalue weighted by Crippen LogP contribution is 2.28. The maximum Gasteiger partial charge on any atom is 0.137 e. The van der Waals surface area contributed by atoms with E-state index in [2.05, 4.69) is 88.4 Å². The summed E-state index contributed by atoms with van der Waals surface area (Å²) < 4.78 is 5.49. The van der Waals surface area contributed by atoms with Crippen molar-refractivity contribution in [3.8, 4) is 0 Å². The van der Waals surface area contributed by atoms with Gasteiger partial charge in [-0.25, -0.2) is 4.98 Å². The van der Waals surface area contributed by atoms with Gasteiger partial charge in [0.15, 0.2) is 0 Å². The Morgan fingerprint density at radius 2 is 1.66 bits per heavy atom. The lowest BCUT2D eigenvalue weighted by molar-refractivity contribution is 0.122. The van der Waals surface area contributed by atoms with Crippen molar-refractivity contribution in [1.82, 2.24) is 9.88 Å². The number of benzene rings is 2. The average Bonchev–Trinajstić information content (AvgIpc) is 2.88. The molecule has 0 spiro atoms. The van der Waals surface area contributed by atoms with E-state index in [-0.39, 0.29) is 0 Å². The lowest BCUT2D eigenvalue weighted by Gasteiger charge is -2.35. The van der Waals surface area contributed by atoms with Crippen LogP contribution < -0.4 is 9.80 Å². The molecule has 32 heavy (non-hydrogen) atoms. The smallest absolute Gasteiger partial charge is 0.137 e. The Morgan fingerprint density at radius 1 is 0.844 bits per heavy atom. The van der Waals surface area contributed by atoms with Gasteiger partial charge in [0.1, 0.15) is 5.82 Å². The Labute approximate surface area is 190 Å². The molecule has 0 radical (unpaired) electrons. The Kier molecular flexibility index (Phi) is 6.37. The van der Waals surface area contributed by atoms with Crippen molar-refractivity contribution in [2.75, 3.05) is 68.8 Å². The number of hydrogen-bond donors (Lipinski definition) is 0. The SMILES string of the molecule is CCN1CCN(c2nc(C=Cc3cccc(N4CCOCC4)c3)cc3ccccc23)CC1. The molecule has 0 saturated carbocycles. The van der Waals surface area contributed by atoms with Gasteiger partial charge >= 0.3 is 0 Å². The van der Waals surface area contributed by atoms with Gasteiger partial charge in [-0.05, 0) is 41.8 Å². The second-order valence-electron chi connectivity index (χ2n) is 8.54. The van der Waals surface area contributed by atoms with Crippen molar-refractivity contribution in [3.63, 3.8) is 0 Å². The summed E-state index contributed by atoms with van der Waals surface area (Å²) in [4.78, 5) is 12.4. The van der Waals surface area contributed by atoms with Crippen LogP contribution in [0.3, 0.4) is 0 Å². The van der Waals surface area contributed by atoms with E-state index in [1.807, 2.05) is 0 Å². The molecule has 2 aromatic carbocycles. The summed E-state index contributed by atoms with van der Waals surface area (Å²) >= 11 is 0. The standard InChI is InChI=1S/C27H32N4O/c1-2-29-12-14-31(15-13-29)27-26-9-4-3-7-23(26)21-24(28-27)11-10-22-6-5-8-25(20-22)30-16-18-32-19-17-30/h3-11,20-21H,2,12-19H2,1H3. The maximum atomic E-state index is 5.49. The minimum absolute atomic E-state index is 0.802. The molecule has 2 fully saturated rings. The Hall–Kier alpha value is -2.89. The van der Waals surface area contributed by atoms with E-state index in [0.29, 0.717) is 0 Å². The Bertz CT molecular complexity index is 1080. The number of piperazine rings is 1. The number of ether oxygens (including phenoxy) is 1. The Morgan fingerprint density at radius 3 is 2.47 bits per heavy atom. The zero-order valence-corrected chi connectivity index (χ0v) is 18.9. The molecule has 0 unspecified atom stereocenters. The van der Waals surface area contributed by atoms with E-state index in [1.54, 1.807) is 0 Å². The van der Waals surface area contributed by atoms with Crippen LogP contribution >= 0.6 is 0 Å². The van der Waals surface area contributed by atoms with Crippen molar-refractivity contribution in [3.05, 3.63) is 65.9 Å². The highest BCUT2D eigenvalue weighted by molar-refractivity contribution is 5.94. The summed E-state index contributed by atoms with van der Waals surface area (Å²) in [5.74, 6) is 1.11. The van der Waals surface area contributed by atoms with Crippen molar-refractivity contribution in [2.24, 2.45) is 0 Å². The molecule has 0 atom stereocenters. The van der Waals surface area contributed by atoms with Gasteiger partial charge in [0.05, 0.1) is 18.9 Å². The normalized spacial score (nSPS) is 18.0. The fourth-order valence-electron chi connectivity index (χ4n) is 4.63. The van der Waals surface area contributed by atoms with Crippen LogP contribution in [-0.4, -0.2) is 68.9 Å². The summed E-state index contributed by atoms with van der Waals surface area (Å²) in [6.07, 6.45) is 4.33. The molecule has 166 valence electrons. The summed E-state index contributed by atoms with van der Waals surface area (Å²) in [7, 11) is 0. The van der Waals surface area contributed by atoms with Gasteiger partial charge in [0, 0.05) is 50.3 Å². The molecule has 0 amide bonds. The molecule has 1 aromatic heterocycles. The quantitative estimate of drug-likeness (QED) is 0.602. The molecule has 2 saturated heterocycles. The van der Waals surface area contributed by atoms with E-state index in [4.69, 9.17) is 9.72 Å². The highest BCUT2D eigenvalue weighted by Gasteiger charge is 2.19. The van der Waals surface area contributed by atoms with Crippen LogP contribution in [-0.2, 0) is 4.74 Å². The second kappa shape index (κ2) is 9.72. The zero-order chi connectivity index (χ0) is 21.8. The number of hydrogen-bond acceptors (Lipinski definition) is 5. The van der Waals surface area contributed by atoms with Gasteiger partial charge in [-0.3, -0.25) is 0 Å². The third-order valence-corrected chi connectivity index (χ3v) is 6.55. The van der Waals surface area contributed by atoms with Gasteiger partial charge < -0.3 is 19.4 Å². The zero-order valence-electron chi connectivity index (χ0n) is 18.9. The number of fused-ring (bicyclic) bond motifs is 1. The van der Waals surface area contributed by atoms with Crippen LogP contribution in [0.2, 0.25) is 0 Å². The number of aromatic nitrogens is 1. The third-order valence-electron chi connectivity index (χ3n) is 6.55. The van der Waals surface area contributed by atoms with Crippen LogP contribution in [0.25, 0.3) is 22.9 Å². The molecular weight excluding hydrogens is 396 g/mol. The molecule has 3 heterocycles. The Balaban J connectivity index is 1.41. The minimum atomic E-state index is 0.802. The number of pyridine rings is 1. The molecule has 5 nitrogen and oxygen atoms in total. The molecular formula is C27H32N4O. The highest BCUT2D eigenvalue weighted by atomic mass is 16.5. The minimum Gasteiger partial charge on any atom is -0.378 e. The van der Waals surface area contributed by atoms with E-state index in [1.165, 1.54) is 22.0 Å². The lowest BCUT2D eigenvalue weighted by atomic mass is 10.1. The topological polar surface area (TPSA) is 31.8 Å². The fourth-order valence-corrected chi connectivity index (χ4v) is 4.63. The molecule has 2 aliphatic rings. The van der Waals surface area contributed by atoms with Crippen LogP contribution in [0.15, 0.2) is 54.6 Å². The number of nitrogens with zero attached hydrogens (tertiary/aromatic N) is 4. The first-order chi connectivity index (χ1) is 15.8. The van der Waals surface area contributed by atoms with E-state index >= 15 is 0 Å². The summed E-state index contributed by atoms with van der Waals surface area (Å²) in [6.45, 7) is 11.1. The average molecular weight is 429 g/mol. The maximum absolute atomic E-state index is 5.49. The predicted octanol–water partition coefficient (Wildman–Crippen LogP) is 4.38. The summed E-state index contributed by atoms with van der Waals surface area (Å²) in [5.41, 5.74) is 3.46. The van der Waals surface area contributed by atoms with Gasteiger partial charge in [0.2, 0.25) is 0 Å². The largest absolute Gasteiger partial charge is 0.378 e. The fraction of sp³-hybridized carbons (Fsp3) is 0.370. The van der Waals surface area contributed by atoms with Crippen LogP contribution in [0.5, 0.6) is 0 Å². The van der Waals surface area contributed by atoms with Crippen LogP contribution in [0.4, 0.5) is 11.5 Å². The van der Waals surface area contributed by atoms with Gasteiger partial charge in [-0.2, -0.15) is 0 Å². The van der Waals surface area contributed by atoms with Crippen molar-refractivity contribution >= 4 is 34.4 Å². The first kappa shape index (κ1) is 21.0. The van der Waals surface area contributed by atoms with Gasteiger partial charge in [-0.15, -0.1) is 0 Å². The summed E-state index contributed by atoms with van der Waals surface area (Å²) in [6, 6.07) is 19.6. The van der Waals surface area contributed by atoms with Crippen LogP contribution in [0, 0.1) is 0 Å². The molecule has 3 aromatic rings. The number of anilines is 2. The third kappa shape index (κ3) is 4.64. The van der Waals surface area contributed by atoms with E-state index < -0.39 is 0 Å². The first-order valence-electron chi connectivity index (χ1n) is 11.8. The number of likely N-dealkylation sites (N-methyl/N-ethyl adjacent to an activating group) is 1. The molecule has 5 rings (SSSR count). The molecule has 0 N–H and O–H groups in total. The predicted molar refractivity (Wildman–Crippen MR) is 134 cm³/mol. The molecule has 2 aliphatic heterocycles. The second-order valence-corrected chi connectivity index (χ2v) is 8.54. The summed E-state index contributed by atoms with van der Waals surface area (Å²) in [5, 5.41) is 2.49.